The molecule has 1 aromatic rings. The molecule has 1 aromatic carbocycles. The van der Waals surface area contributed by atoms with Crippen molar-refractivity contribution in [2.45, 2.75) is 24.9 Å². The number of nitrogens with two attached hydrogens (primary N) is 1. The molecule has 7 heteroatoms. The molecule has 19 heavy (non-hydrogen) atoms. The van der Waals surface area contributed by atoms with Gasteiger partial charge in [-0.25, -0.2) is 13.6 Å². The van der Waals surface area contributed by atoms with Crippen LogP contribution in [0, 0.1) is 0 Å². The van der Waals surface area contributed by atoms with E-state index in [4.69, 9.17) is 9.88 Å². The van der Waals surface area contributed by atoms with Gasteiger partial charge in [-0.15, -0.1) is 0 Å². The van der Waals surface area contributed by atoms with Crippen LogP contribution in [-0.2, 0) is 32.8 Å². The van der Waals surface area contributed by atoms with E-state index >= 15 is 0 Å². The summed E-state index contributed by atoms with van der Waals surface area (Å²) in [6, 6.07) is 5.61. The minimum atomic E-state index is -3.68. The van der Waals surface area contributed by atoms with Crippen molar-refractivity contribution in [3.05, 3.63) is 29.3 Å². The van der Waals surface area contributed by atoms with E-state index in [-0.39, 0.29) is 18.9 Å². The maximum atomic E-state index is 11.9. The molecule has 0 radical (unpaired) electrons. The van der Waals surface area contributed by atoms with Crippen molar-refractivity contribution in [2.24, 2.45) is 5.14 Å². The van der Waals surface area contributed by atoms with Gasteiger partial charge in [-0.2, -0.15) is 0 Å². The second kappa shape index (κ2) is 4.29. The first-order chi connectivity index (χ1) is 8.95. The van der Waals surface area contributed by atoms with Crippen LogP contribution >= 0.6 is 0 Å². The fourth-order valence-corrected chi connectivity index (χ4v) is 3.20. The highest BCUT2D eigenvalue weighted by molar-refractivity contribution is 7.89. The molecule has 0 aliphatic carbocycles. The summed E-state index contributed by atoms with van der Waals surface area (Å²) in [7, 11) is -3.68. The van der Waals surface area contributed by atoms with Crippen molar-refractivity contribution in [1.82, 2.24) is 0 Å². The monoisotopic (exact) mass is 282 g/mol. The number of anilines is 1. The average molecular weight is 282 g/mol. The smallest absolute Gasteiger partial charge is 0.228 e. The predicted octanol–water partition coefficient (Wildman–Crippen LogP) is 0.111. The molecule has 2 aliphatic heterocycles. The number of primary sulfonamides is 1. The van der Waals surface area contributed by atoms with Gasteiger partial charge in [0.15, 0.2) is 0 Å². The molecule has 1 fully saturated rings. The molecular weight excluding hydrogens is 268 g/mol. The van der Waals surface area contributed by atoms with E-state index < -0.39 is 15.3 Å². The molecule has 102 valence electrons. The summed E-state index contributed by atoms with van der Waals surface area (Å²) in [4.78, 5) is 13.4. The van der Waals surface area contributed by atoms with Crippen LogP contribution in [0.5, 0.6) is 0 Å². The van der Waals surface area contributed by atoms with E-state index in [1.807, 2.05) is 18.2 Å². The third-order valence-electron chi connectivity index (χ3n) is 3.57. The number of rotatable bonds is 2. The van der Waals surface area contributed by atoms with E-state index in [1.165, 1.54) is 4.90 Å². The van der Waals surface area contributed by atoms with Crippen LogP contribution < -0.4 is 10.0 Å². The number of nitrogens with zero attached hydrogens (tertiary/aromatic N) is 1. The lowest BCUT2D eigenvalue weighted by Crippen LogP contribution is -2.32. The minimum absolute atomic E-state index is 0.0492. The molecule has 1 unspecified atom stereocenters. The largest absolute Gasteiger partial charge is 0.372 e. The summed E-state index contributed by atoms with van der Waals surface area (Å²) in [5, 5.41) is 4.29. The van der Waals surface area contributed by atoms with E-state index in [0.29, 0.717) is 18.9 Å². The topological polar surface area (TPSA) is 89.7 Å². The van der Waals surface area contributed by atoms with Gasteiger partial charge in [-0.3, -0.25) is 4.79 Å². The molecule has 2 N–H and O–H groups in total. The summed E-state index contributed by atoms with van der Waals surface area (Å²) in [6.45, 7) is 1.24. The molecule has 2 aliphatic rings. The fourth-order valence-electron chi connectivity index (χ4n) is 2.47. The average Bonchev–Trinajstić information content (AvgIpc) is 2.92. The van der Waals surface area contributed by atoms with Gasteiger partial charge >= 0.3 is 0 Å². The summed E-state index contributed by atoms with van der Waals surface area (Å²) < 4.78 is 28.0. The fraction of sp³-hybridized carbons (Fsp3) is 0.417. The van der Waals surface area contributed by atoms with E-state index in [1.54, 1.807) is 0 Å². The number of amides is 1. The number of hydrogen-bond donors (Lipinski definition) is 1. The number of fused-ring (bicyclic) bond motifs is 1. The van der Waals surface area contributed by atoms with Gasteiger partial charge < -0.3 is 9.64 Å². The molecule has 3 rings (SSSR count). The second-order valence-electron chi connectivity index (χ2n) is 4.87. The molecule has 1 atom stereocenters. The number of ether oxygens (including phenoxy) is 1. The van der Waals surface area contributed by atoms with Crippen LogP contribution in [0.1, 0.15) is 17.5 Å². The summed E-state index contributed by atoms with van der Waals surface area (Å²) in [5.74, 6) is -0.210. The lowest BCUT2D eigenvalue weighted by Gasteiger charge is -2.17. The molecule has 0 aromatic heterocycles. The number of benzene rings is 1. The zero-order valence-corrected chi connectivity index (χ0v) is 11.0. The second-order valence-corrected chi connectivity index (χ2v) is 6.71. The molecule has 2 heterocycles. The molecule has 0 saturated carbocycles. The molecule has 0 spiro atoms. The Balaban J connectivity index is 1.89. The van der Waals surface area contributed by atoms with E-state index in [9.17, 15) is 13.2 Å². The minimum Gasteiger partial charge on any atom is -0.372 e. The van der Waals surface area contributed by atoms with Gasteiger partial charge in [0.2, 0.25) is 15.9 Å². The zero-order chi connectivity index (χ0) is 13.6. The van der Waals surface area contributed by atoms with Gasteiger partial charge in [-0.1, -0.05) is 6.07 Å². The first kappa shape index (κ1) is 12.6. The first-order valence-corrected chi connectivity index (χ1v) is 7.57. The number of hydrogen-bond acceptors (Lipinski definition) is 4. The zero-order valence-electron chi connectivity index (χ0n) is 10.2. The maximum Gasteiger partial charge on any atom is 0.228 e. The Kier molecular flexibility index (Phi) is 2.84. The van der Waals surface area contributed by atoms with E-state index in [2.05, 4.69) is 0 Å². The summed E-state index contributed by atoms with van der Waals surface area (Å²) >= 11 is 0. The Morgan fingerprint density at radius 1 is 1.26 bits per heavy atom. The van der Waals surface area contributed by atoms with Crippen molar-refractivity contribution < 1.29 is 17.9 Å². The van der Waals surface area contributed by atoms with Gasteiger partial charge in [0.25, 0.3) is 0 Å². The van der Waals surface area contributed by atoms with Crippen molar-refractivity contribution in [2.75, 3.05) is 11.4 Å². The van der Waals surface area contributed by atoms with Crippen LogP contribution in [0.3, 0.4) is 0 Å². The highest BCUT2D eigenvalue weighted by Gasteiger charge is 2.37. The van der Waals surface area contributed by atoms with Gasteiger partial charge in [-0.05, 0) is 23.3 Å². The van der Waals surface area contributed by atoms with E-state index in [0.717, 1.165) is 11.1 Å². The Bertz CT molecular complexity index is 641. The van der Waals surface area contributed by atoms with Crippen LogP contribution in [0.2, 0.25) is 0 Å². The first-order valence-electron chi connectivity index (χ1n) is 5.96. The molecular formula is C12H14N2O4S. The Labute approximate surface area is 111 Å². The van der Waals surface area contributed by atoms with Crippen LogP contribution in [0.4, 0.5) is 5.69 Å². The quantitative estimate of drug-likeness (QED) is 0.833. The number of carbonyl (C=O) groups is 1. The number of carbonyl (C=O) groups excluding carboxylic acids is 1. The SMILES string of the molecule is NS(=O)(=O)C1CC(=O)N(c2ccc3c(c2)COC3)C1. The molecule has 1 amide bonds. The maximum absolute atomic E-state index is 11.9. The Hall–Kier alpha value is -1.44. The normalized spacial score (nSPS) is 22.9. The lowest BCUT2D eigenvalue weighted by atomic mass is 10.1. The summed E-state index contributed by atoms with van der Waals surface area (Å²) in [5.41, 5.74) is 2.86. The summed E-state index contributed by atoms with van der Waals surface area (Å²) in [6.07, 6.45) is -0.0492. The molecule has 1 saturated heterocycles. The van der Waals surface area contributed by atoms with Gasteiger partial charge in [0.1, 0.15) is 5.25 Å². The van der Waals surface area contributed by atoms with Crippen molar-refractivity contribution >= 4 is 21.6 Å². The highest BCUT2D eigenvalue weighted by Crippen LogP contribution is 2.29. The van der Waals surface area contributed by atoms with Crippen molar-refractivity contribution in [3.63, 3.8) is 0 Å². The van der Waals surface area contributed by atoms with Crippen LogP contribution in [0.15, 0.2) is 18.2 Å². The van der Waals surface area contributed by atoms with Gasteiger partial charge in [0.05, 0.1) is 13.2 Å². The molecule has 0 bridgehead atoms. The van der Waals surface area contributed by atoms with Crippen LogP contribution in [-0.4, -0.2) is 26.1 Å². The highest BCUT2D eigenvalue weighted by atomic mass is 32.2. The lowest BCUT2D eigenvalue weighted by molar-refractivity contribution is -0.117. The predicted molar refractivity (Wildman–Crippen MR) is 68.8 cm³/mol. The Morgan fingerprint density at radius 2 is 2.00 bits per heavy atom. The number of sulfonamides is 1. The standard InChI is InChI=1S/C12H14N2O4S/c13-19(16,17)11-4-12(15)14(5-11)10-2-1-8-6-18-7-9(8)3-10/h1-3,11H,4-7H2,(H2,13,16,17). The molecule has 6 nitrogen and oxygen atoms in total. The Morgan fingerprint density at radius 3 is 2.68 bits per heavy atom. The van der Waals surface area contributed by atoms with Crippen molar-refractivity contribution in [1.29, 1.82) is 0 Å². The van der Waals surface area contributed by atoms with Gasteiger partial charge in [0, 0.05) is 18.7 Å². The third-order valence-corrected chi connectivity index (χ3v) is 4.82. The van der Waals surface area contributed by atoms with Crippen LogP contribution in [0.25, 0.3) is 0 Å². The van der Waals surface area contributed by atoms with Crippen molar-refractivity contribution in [3.8, 4) is 0 Å². The third kappa shape index (κ3) is 2.24.